The van der Waals surface area contributed by atoms with Gasteiger partial charge in [-0.2, -0.15) is 0 Å². The topological polar surface area (TPSA) is 29.5 Å². The predicted molar refractivity (Wildman–Crippen MR) is 51.3 cm³/mol. The molecule has 0 fully saturated rings. The number of halogens is 1. The molecule has 2 nitrogen and oxygen atoms in total. The van der Waals surface area contributed by atoms with Crippen molar-refractivity contribution in [2.45, 2.75) is 19.4 Å². The highest BCUT2D eigenvalue weighted by Gasteiger charge is 2.21. The second kappa shape index (κ2) is 3.20. The second-order valence-electron chi connectivity index (χ2n) is 3.29. The molecule has 0 spiro atoms. The molecule has 0 saturated carbocycles. The molecule has 0 amide bonds. The molecule has 0 radical (unpaired) electrons. The fraction of sp³-hybridized carbons (Fsp3) is 0.400. The number of benzene rings is 1. The first-order chi connectivity index (χ1) is 6.18. The Balaban J connectivity index is 2.56. The maximum atomic E-state index is 9.67. The van der Waals surface area contributed by atoms with Gasteiger partial charge in [-0.3, -0.25) is 0 Å². The van der Waals surface area contributed by atoms with Crippen molar-refractivity contribution in [2.24, 2.45) is 0 Å². The third kappa shape index (κ3) is 1.52. The Kier molecular flexibility index (Phi) is 2.18. The highest BCUT2D eigenvalue weighted by atomic mass is 35.5. The standard InChI is InChI=1S/C10H11ClO2/c1-6-4-7(11)5-8-9(12)2-3-13-10(6)8/h4-5,9,12H,2-3H2,1H3. The van der Waals surface area contributed by atoms with Gasteiger partial charge in [0.1, 0.15) is 5.75 Å². The summed E-state index contributed by atoms with van der Waals surface area (Å²) in [6.07, 6.45) is 0.216. The number of aliphatic hydroxyl groups is 1. The molecule has 0 aliphatic carbocycles. The summed E-state index contributed by atoms with van der Waals surface area (Å²) in [6.45, 7) is 2.51. The zero-order valence-electron chi connectivity index (χ0n) is 7.38. The van der Waals surface area contributed by atoms with Crippen LogP contribution >= 0.6 is 11.6 Å². The van der Waals surface area contributed by atoms with E-state index in [0.717, 1.165) is 16.9 Å². The Hall–Kier alpha value is -0.730. The number of hydrogen-bond acceptors (Lipinski definition) is 2. The van der Waals surface area contributed by atoms with Crippen LogP contribution in [0.15, 0.2) is 12.1 Å². The van der Waals surface area contributed by atoms with Gasteiger partial charge in [-0.15, -0.1) is 0 Å². The van der Waals surface area contributed by atoms with Gasteiger partial charge in [0, 0.05) is 17.0 Å². The minimum atomic E-state index is -0.429. The lowest BCUT2D eigenvalue weighted by atomic mass is 10.0. The summed E-state index contributed by atoms with van der Waals surface area (Å²) >= 11 is 5.88. The second-order valence-corrected chi connectivity index (χ2v) is 3.73. The molecular formula is C10H11ClO2. The molecule has 0 saturated heterocycles. The number of fused-ring (bicyclic) bond motifs is 1. The summed E-state index contributed by atoms with van der Waals surface area (Å²) < 4.78 is 5.46. The Bertz CT molecular complexity index is 336. The zero-order valence-corrected chi connectivity index (χ0v) is 8.14. The van der Waals surface area contributed by atoms with Gasteiger partial charge in [0.25, 0.3) is 0 Å². The first-order valence-electron chi connectivity index (χ1n) is 4.29. The van der Waals surface area contributed by atoms with Crippen molar-refractivity contribution in [2.75, 3.05) is 6.61 Å². The molecule has 1 heterocycles. The van der Waals surface area contributed by atoms with Crippen LogP contribution in [0.3, 0.4) is 0 Å². The number of aliphatic hydroxyl groups excluding tert-OH is 1. The summed E-state index contributed by atoms with van der Waals surface area (Å²) in [5, 5.41) is 10.3. The van der Waals surface area contributed by atoms with E-state index in [1.807, 2.05) is 13.0 Å². The van der Waals surface area contributed by atoms with E-state index in [9.17, 15) is 5.11 Å². The molecule has 2 rings (SSSR count). The monoisotopic (exact) mass is 198 g/mol. The fourth-order valence-corrected chi connectivity index (χ4v) is 1.91. The zero-order chi connectivity index (χ0) is 9.42. The lowest BCUT2D eigenvalue weighted by molar-refractivity contribution is 0.115. The molecule has 1 N–H and O–H groups in total. The molecule has 1 aliphatic heterocycles. The van der Waals surface area contributed by atoms with Crippen LogP contribution in [0.5, 0.6) is 5.75 Å². The lowest BCUT2D eigenvalue weighted by Gasteiger charge is -2.23. The molecule has 0 aromatic heterocycles. The van der Waals surface area contributed by atoms with Gasteiger partial charge in [0.15, 0.2) is 0 Å². The van der Waals surface area contributed by atoms with E-state index in [-0.39, 0.29) is 0 Å². The quantitative estimate of drug-likeness (QED) is 0.694. The van der Waals surface area contributed by atoms with Crippen molar-refractivity contribution in [3.63, 3.8) is 0 Å². The number of ether oxygens (including phenoxy) is 1. The highest BCUT2D eigenvalue weighted by Crippen LogP contribution is 2.36. The maximum absolute atomic E-state index is 9.67. The SMILES string of the molecule is Cc1cc(Cl)cc2c1OCCC2O. The minimum Gasteiger partial charge on any atom is -0.493 e. The van der Waals surface area contributed by atoms with E-state index in [4.69, 9.17) is 16.3 Å². The summed E-state index contributed by atoms with van der Waals surface area (Å²) in [5.41, 5.74) is 1.80. The van der Waals surface area contributed by atoms with E-state index in [1.54, 1.807) is 6.07 Å². The van der Waals surface area contributed by atoms with E-state index in [2.05, 4.69) is 0 Å². The molecule has 3 heteroatoms. The van der Waals surface area contributed by atoms with Gasteiger partial charge in [-0.05, 0) is 24.6 Å². The summed E-state index contributed by atoms with van der Waals surface area (Å²) in [7, 11) is 0. The van der Waals surface area contributed by atoms with Gasteiger partial charge < -0.3 is 9.84 Å². The van der Waals surface area contributed by atoms with Crippen LogP contribution < -0.4 is 4.74 Å². The van der Waals surface area contributed by atoms with Gasteiger partial charge in [0.05, 0.1) is 12.7 Å². The third-order valence-corrected chi connectivity index (χ3v) is 2.48. The molecule has 1 aliphatic rings. The largest absolute Gasteiger partial charge is 0.493 e. The van der Waals surface area contributed by atoms with Gasteiger partial charge in [-0.25, -0.2) is 0 Å². The molecule has 1 unspecified atom stereocenters. The van der Waals surface area contributed by atoms with Crippen LogP contribution in [-0.2, 0) is 0 Å². The molecule has 13 heavy (non-hydrogen) atoms. The van der Waals surface area contributed by atoms with Gasteiger partial charge >= 0.3 is 0 Å². The molecule has 0 bridgehead atoms. The van der Waals surface area contributed by atoms with E-state index < -0.39 is 6.10 Å². The van der Waals surface area contributed by atoms with E-state index in [1.165, 1.54) is 0 Å². The van der Waals surface area contributed by atoms with Crippen LogP contribution in [0.4, 0.5) is 0 Å². The molecule has 1 atom stereocenters. The molecule has 1 aromatic carbocycles. The normalized spacial score (nSPS) is 20.7. The third-order valence-electron chi connectivity index (χ3n) is 2.26. The van der Waals surface area contributed by atoms with Crippen molar-refractivity contribution in [3.8, 4) is 5.75 Å². The van der Waals surface area contributed by atoms with E-state index in [0.29, 0.717) is 18.1 Å². The fourth-order valence-electron chi connectivity index (χ4n) is 1.63. The number of hydrogen-bond donors (Lipinski definition) is 1. The average molecular weight is 199 g/mol. The number of rotatable bonds is 0. The van der Waals surface area contributed by atoms with Crippen LogP contribution in [0.2, 0.25) is 5.02 Å². The molecule has 1 aromatic rings. The van der Waals surface area contributed by atoms with Crippen LogP contribution in [0, 0.1) is 6.92 Å². The Morgan fingerprint density at radius 3 is 3.08 bits per heavy atom. The van der Waals surface area contributed by atoms with Crippen molar-refractivity contribution in [3.05, 3.63) is 28.3 Å². The molecule has 70 valence electrons. The lowest BCUT2D eigenvalue weighted by Crippen LogP contribution is -2.14. The van der Waals surface area contributed by atoms with Gasteiger partial charge in [-0.1, -0.05) is 11.6 Å². The first-order valence-corrected chi connectivity index (χ1v) is 4.67. The summed E-state index contributed by atoms with van der Waals surface area (Å²) in [5.74, 6) is 0.795. The van der Waals surface area contributed by atoms with Crippen molar-refractivity contribution in [1.29, 1.82) is 0 Å². The molecular weight excluding hydrogens is 188 g/mol. The summed E-state index contributed by atoms with van der Waals surface area (Å²) in [4.78, 5) is 0. The predicted octanol–water partition coefficient (Wildman–Crippen LogP) is 2.46. The Labute approximate surface area is 82.1 Å². The van der Waals surface area contributed by atoms with E-state index >= 15 is 0 Å². The van der Waals surface area contributed by atoms with Crippen molar-refractivity contribution >= 4 is 11.6 Å². The highest BCUT2D eigenvalue weighted by molar-refractivity contribution is 6.30. The van der Waals surface area contributed by atoms with Crippen LogP contribution in [0.25, 0.3) is 0 Å². The van der Waals surface area contributed by atoms with Crippen LogP contribution in [0.1, 0.15) is 23.7 Å². The minimum absolute atomic E-state index is 0.429. The number of aryl methyl sites for hydroxylation is 1. The van der Waals surface area contributed by atoms with Gasteiger partial charge in [0.2, 0.25) is 0 Å². The van der Waals surface area contributed by atoms with Crippen molar-refractivity contribution in [1.82, 2.24) is 0 Å². The Morgan fingerprint density at radius 1 is 1.54 bits per heavy atom. The van der Waals surface area contributed by atoms with Crippen molar-refractivity contribution < 1.29 is 9.84 Å². The first kappa shape index (κ1) is 8.85. The maximum Gasteiger partial charge on any atom is 0.128 e. The Morgan fingerprint density at radius 2 is 2.31 bits per heavy atom. The average Bonchev–Trinajstić information content (AvgIpc) is 2.07. The smallest absolute Gasteiger partial charge is 0.128 e. The van der Waals surface area contributed by atoms with Crippen LogP contribution in [-0.4, -0.2) is 11.7 Å². The summed E-state index contributed by atoms with van der Waals surface area (Å²) in [6, 6.07) is 3.62.